The molecule has 1 fully saturated rings. The van der Waals surface area contributed by atoms with Gasteiger partial charge in [-0.25, -0.2) is 0 Å². The lowest BCUT2D eigenvalue weighted by Crippen LogP contribution is -2.48. The molecule has 14 heavy (non-hydrogen) atoms. The summed E-state index contributed by atoms with van der Waals surface area (Å²) in [7, 11) is 1.88. The molecule has 0 spiro atoms. The van der Waals surface area contributed by atoms with Crippen LogP contribution in [0.25, 0.3) is 0 Å². The van der Waals surface area contributed by atoms with E-state index in [0.717, 1.165) is 12.2 Å². The Hall–Kier alpha value is -0.220. The van der Waals surface area contributed by atoms with Gasteiger partial charge >= 0.3 is 0 Å². The van der Waals surface area contributed by atoms with E-state index in [2.05, 4.69) is 0 Å². The van der Waals surface area contributed by atoms with E-state index in [-0.39, 0.29) is 17.9 Å². The summed E-state index contributed by atoms with van der Waals surface area (Å²) >= 11 is 1.91. The third-order valence-electron chi connectivity index (χ3n) is 2.80. The van der Waals surface area contributed by atoms with Crippen molar-refractivity contribution in [3.63, 3.8) is 0 Å². The SMILES string of the molecule is CC(C)C(N)C(=O)N(C)C1CCSC1. The van der Waals surface area contributed by atoms with E-state index >= 15 is 0 Å². The maximum atomic E-state index is 11.9. The van der Waals surface area contributed by atoms with E-state index in [4.69, 9.17) is 5.73 Å². The molecule has 0 saturated carbocycles. The van der Waals surface area contributed by atoms with E-state index in [0.29, 0.717) is 6.04 Å². The molecule has 4 heteroatoms. The highest BCUT2D eigenvalue weighted by atomic mass is 32.2. The van der Waals surface area contributed by atoms with Crippen LogP contribution in [0.3, 0.4) is 0 Å². The van der Waals surface area contributed by atoms with Crippen LogP contribution in [0.15, 0.2) is 0 Å². The van der Waals surface area contributed by atoms with Crippen LogP contribution in [0.2, 0.25) is 0 Å². The van der Waals surface area contributed by atoms with Gasteiger partial charge < -0.3 is 10.6 Å². The van der Waals surface area contributed by atoms with Crippen molar-refractivity contribution < 1.29 is 4.79 Å². The Morgan fingerprint density at radius 1 is 1.57 bits per heavy atom. The summed E-state index contributed by atoms with van der Waals surface area (Å²) in [5, 5.41) is 0. The average molecular weight is 216 g/mol. The Kier molecular flexibility index (Phi) is 4.26. The standard InChI is InChI=1S/C10H20N2OS/c1-7(2)9(11)10(13)12(3)8-4-5-14-6-8/h7-9H,4-6,11H2,1-3H3. The molecule has 1 aliphatic heterocycles. The number of amides is 1. The molecule has 0 aromatic carbocycles. The minimum atomic E-state index is -0.342. The maximum Gasteiger partial charge on any atom is 0.239 e. The highest BCUT2D eigenvalue weighted by Gasteiger charge is 2.28. The molecule has 1 saturated heterocycles. The van der Waals surface area contributed by atoms with Crippen LogP contribution in [0.4, 0.5) is 0 Å². The summed E-state index contributed by atoms with van der Waals surface area (Å²) in [5.74, 6) is 2.54. The zero-order chi connectivity index (χ0) is 10.7. The normalized spacial score (nSPS) is 23.9. The highest BCUT2D eigenvalue weighted by molar-refractivity contribution is 7.99. The van der Waals surface area contributed by atoms with Gasteiger partial charge in [-0.05, 0) is 18.1 Å². The van der Waals surface area contributed by atoms with E-state index in [1.807, 2.05) is 37.6 Å². The van der Waals surface area contributed by atoms with Crippen molar-refractivity contribution in [2.75, 3.05) is 18.6 Å². The van der Waals surface area contributed by atoms with Gasteiger partial charge in [0.15, 0.2) is 0 Å². The number of carbonyl (C=O) groups excluding carboxylic acids is 1. The lowest BCUT2D eigenvalue weighted by atomic mass is 10.0. The van der Waals surface area contributed by atoms with Crippen molar-refractivity contribution in [3.05, 3.63) is 0 Å². The first kappa shape index (κ1) is 11.9. The van der Waals surface area contributed by atoms with Crippen molar-refractivity contribution in [1.29, 1.82) is 0 Å². The summed E-state index contributed by atoms with van der Waals surface area (Å²) in [6.07, 6.45) is 1.11. The smallest absolute Gasteiger partial charge is 0.239 e. The minimum absolute atomic E-state index is 0.0903. The van der Waals surface area contributed by atoms with Crippen LogP contribution in [-0.4, -0.2) is 41.4 Å². The number of likely N-dealkylation sites (N-methyl/N-ethyl adjacent to an activating group) is 1. The first-order valence-electron chi connectivity index (χ1n) is 5.14. The zero-order valence-corrected chi connectivity index (χ0v) is 10.0. The van der Waals surface area contributed by atoms with Gasteiger partial charge in [-0.15, -0.1) is 0 Å². The van der Waals surface area contributed by atoms with Crippen molar-refractivity contribution in [2.24, 2.45) is 11.7 Å². The second kappa shape index (κ2) is 5.03. The molecule has 0 bridgehead atoms. The van der Waals surface area contributed by atoms with Gasteiger partial charge in [-0.3, -0.25) is 4.79 Å². The fourth-order valence-corrected chi connectivity index (χ4v) is 2.80. The highest BCUT2D eigenvalue weighted by Crippen LogP contribution is 2.22. The van der Waals surface area contributed by atoms with Crippen LogP contribution in [-0.2, 0) is 4.79 Å². The quantitative estimate of drug-likeness (QED) is 0.763. The predicted octanol–water partition coefficient (Wildman–Crippen LogP) is 0.934. The maximum absolute atomic E-state index is 11.9. The number of rotatable bonds is 3. The molecule has 0 radical (unpaired) electrons. The molecule has 0 aromatic heterocycles. The molecule has 1 amide bonds. The van der Waals surface area contributed by atoms with Crippen LogP contribution >= 0.6 is 11.8 Å². The number of hydrogen-bond acceptors (Lipinski definition) is 3. The molecule has 2 N–H and O–H groups in total. The number of hydrogen-bond donors (Lipinski definition) is 1. The van der Waals surface area contributed by atoms with Crippen LogP contribution in [0.5, 0.6) is 0 Å². The molecule has 0 aromatic rings. The van der Waals surface area contributed by atoms with E-state index in [9.17, 15) is 4.79 Å². The first-order chi connectivity index (χ1) is 6.54. The van der Waals surface area contributed by atoms with Crippen molar-refractivity contribution >= 4 is 17.7 Å². The van der Waals surface area contributed by atoms with Crippen LogP contribution in [0, 0.1) is 5.92 Å². The summed E-state index contributed by atoms with van der Waals surface area (Å²) in [5.41, 5.74) is 5.83. The van der Waals surface area contributed by atoms with Crippen molar-refractivity contribution in [1.82, 2.24) is 4.90 Å². The second-order valence-electron chi connectivity index (χ2n) is 4.24. The molecule has 2 atom stereocenters. The van der Waals surface area contributed by atoms with Gasteiger partial charge in [0.05, 0.1) is 6.04 Å². The molecule has 1 aliphatic rings. The summed E-state index contributed by atoms with van der Waals surface area (Å²) < 4.78 is 0. The lowest BCUT2D eigenvalue weighted by molar-refractivity contribution is -0.133. The summed E-state index contributed by atoms with van der Waals surface area (Å²) in [6.45, 7) is 3.97. The van der Waals surface area contributed by atoms with E-state index < -0.39 is 0 Å². The van der Waals surface area contributed by atoms with Gasteiger partial charge in [0, 0.05) is 18.8 Å². The lowest BCUT2D eigenvalue weighted by Gasteiger charge is -2.28. The van der Waals surface area contributed by atoms with Crippen LogP contribution in [0.1, 0.15) is 20.3 Å². The molecular formula is C10H20N2OS. The van der Waals surface area contributed by atoms with E-state index in [1.54, 1.807) is 0 Å². The molecule has 82 valence electrons. The molecule has 2 unspecified atom stereocenters. The van der Waals surface area contributed by atoms with Crippen molar-refractivity contribution in [2.45, 2.75) is 32.4 Å². The third kappa shape index (κ3) is 2.64. The van der Waals surface area contributed by atoms with Gasteiger partial charge in [-0.2, -0.15) is 11.8 Å². The fourth-order valence-electron chi connectivity index (χ4n) is 1.53. The zero-order valence-electron chi connectivity index (χ0n) is 9.19. The van der Waals surface area contributed by atoms with Gasteiger partial charge in [0.2, 0.25) is 5.91 Å². The largest absolute Gasteiger partial charge is 0.341 e. The monoisotopic (exact) mass is 216 g/mol. The Morgan fingerprint density at radius 2 is 2.21 bits per heavy atom. The molecular weight excluding hydrogens is 196 g/mol. The number of thioether (sulfide) groups is 1. The molecule has 0 aliphatic carbocycles. The number of nitrogens with two attached hydrogens (primary N) is 1. The molecule has 1 rings (SSSR count). The predicted molar refractivity (Wildman–Crippen MR) is 61.3 cm³/mol. The molecule has 1 heterocycles. The minimum Gasteiger partial charge on any atom is -0.341 e. The Labute approximate surface area is 90.4 Å². The Morgan fingerprint density at radius 3 is 2.64 bits per heavy atom. The second-order valence-corrected chi connectivity index (χ2v) is 5.39. The van der Waals surface area contributed by atoms with Gasteiger partial charge in [-0.1, -0.05) is 13.8 Å². The summed E-state index contributed by atoms with van der Waals surface area (Å²) in [4.78, 5) is 13.7. The number of nitrogens with zero attached hydrogens (tertiary/aromatic N) is 1. The van der Waals surface area contributed by atoms with Gasteiger partial charge in [0.1, 0.15) is 0 Å². The molecule has 3 nitrogen and oxygen atoms in total. The average Bonchev–Trinajstić information content (AvgIpc) is 2.67. The Bertz CT molecular complexity index is 202. The topological polar surface area (TPSA) is 46.3 Å². The number of carbonyl (C=O) groups is 1. The fraction of sp³-hybridized carbons (Fsp3) is 0.900. The van der Waals surface area contributed by atoms with E-state index in [1.165, 1.54) is 5.75 Å². The Balaban J connectivity index is 2.50. The van der Waals surface area contributed by atoms with Crippen molar-refractivity contribution in [3.8, 4) is 0 Å². The van der Waals surface area contributed by atoms with Gasteiger partial charge in [0.25, 0.3) is 0 Å². The summed E-state index contributed by atoms with van der Waals surface area (Å²) in [6, 6.07) is 0.0582. The third-order valence-corrected chi connectivity index (χ3v) is 3.95. The van der Waals surface area contributed by atoms with Crippen LogP contribution < -0.4 is 5.73 Å². The first-order valence-corrected chi connectivity index (χ1v) is 6.29.